The average molecular weight is 398 g/mol. The van der Waals surface area contributed by atoms with E-state index in [1.54, 1.807) is 11.1 Å². The Morgan fingerprint density at radius 1 is 0.966 bits per heavy atom. The molecular formula is C19H26N8O2. The fourth-order valence-electron chi connectivity index (χ4n) is 3.58. The Kier molecular flexibility index (Phi) is 5.87. The summed E-state index contributed by atoms with van der Waals surface area (Å²) in [6.45, 7) is 8.20. The van der Waals surface area contributed by atoms with Gasteiger partial charge in [-0.05, 0) is 19.1 Å². The number of aromatic nitrogens is 4. The highest BCUT2D eigenvalue weighted by Gasteiger charge is 2.25. The Labute approximate surface area is 170 Å². The molecule has 2 saturated heterocycles. The van der Waals surface area contributed by atoms with Gasteiger partial charge in [-0.15, -0.1) is 5.10 Å². The molecule has 4 rings (SSSR count). The fraction of sp³-hybridized carbons (Fsp3) is 0.526. The molecule has 0 atom stereocenters. The van der Waals surface area contributed by atoms with Crippen LogP contribution in [-0.2, 0) is 4.74 Å². The van der Waals surface area contributed by atoms with Crippen molar-refractivity contribution in [1.82, 2.24) is 25.1 Å². The monoisotopic (exact) mass is 398 g/mol. The van der Waals surface area contributed by atoms with Gasteiger partial charge < -0.3 is 24.3 Å². The Morgan fingerprint density at radius 3 is 2.34 bits per heavy atom. The number of pyridine rings is 1. The number of piperazine rings is 2. The van der Waals surface area contributed by atoms with Gasteiger partial charge >= 0.3 is 6.09 Å². The van der Waals surface area contributed by atoms with E-state index in [1.165, 1.54) is 0 Å². The van der Waals surface area contributed by atoms with Crippen LogP contribution >= 0.6 is 0 Å². The molecule has 2 fully saturated rings. The van der Waals surface area contributed by atoms with Crippen LogP contribution in [0, 0.1) is 0 Å². The van der Waals surface area contributed by atoms with Crippen LogP contribution in [0.15, 0.2) is 30.6 Å². The molecule has 0 saturated carbocycles. The molecule has 29 heavy (non-hydrogen) atoms. The van der Waals surface area contributed by atoms with Crippen LogP contribution in [0.3, 0.4) is 0 Å². The smallest absolute Gasteiger partial charge is 0.409 e. The minimum Gasteiger partial charge on any atom is -0.450 e. The quantitative estimate of drug-likeness (QED) is 0.744. The normalized spacial score (nSPS) is 17.4. The van der Waals surface area contributed by atoms with Gasteiger partial charge in [0.25, 0.3) is 0 Å². The summed E-state index contributed by atoms with van der Waals surface area (Å²) in [6.07, 6.45) is 3.26. The molecule has 0 unspecified atom stereocenters. The zero-order valence-electron chi connectivity index (χ0n) is 16.6. The Bertz CT molecular complexity index is 805. The summed E-state index contributed by atoms with van der Waals surface area (Å²) in [6, 6.07) is 5.97. The second-order valence-corrected chi connectivity index (χ2v) is 6.95. The number of hydrogen-bond acceptors (Lipinski definition) is 9. The molecule has 2 aromatic rings. The molecule has 2 aliphatic rings. The van der Waals surface area contributed by atoms with Gasteiger partial charge in [0.15, 0.2) is 5.82 Å². The van der Waals surface area contributed by atoms with Crippen molar-refractivity contribution in [3.8, 4) is 0 Å². The molecule has 2 aliphatic heterocycles. The highest BCUT2D eigenvalue weighted by molar-refractivity contribution is 5.68. The number of rotatable bonds is 4. The molecule has 0 aliphatic carbocycles. The van der Waals surface area contributed by atoms with E-state index in [4.69, 9.17) is 9.72 Å². The lowest BCUT2D eigenvalue weighted by molar-refractivity contribution is 0.105. The number of carbonyl (C=O) groups excluding carboxylic acids is 1. The van der Waals surface area contributed by atoms with E-state index in [2.05, 4.69) is 29.9 Å². The van der Waals surface area contributed by atoms with Crippen molar-refractivity contribution < 1.29 is 9.53 Å². The summed E-state index contributed by atoms with van der Waals surface area (Å²) in [5.41, 5.74) is 0. The Morgan fingerprint density at radius 2 is 1.66 bits per heavy atom. The van der Waals surface area contributed by atoms with Crippen LogP contribution in [0.2, 0.25) is 0 Å². The van der Waals surface area contributed by atoms with Gasteiger partial charge in [0.2, 0.25) is 5.95 Å². The summed E-state index contributed by atoms with van der Waals surface area (Å²) in [5, 5.41) is 8.41. The Hall–Kier alpha value is -3.17. The van der Waals surface area contributed by atoms with Crippen LogP contribution < -0.4 is 14.7 Å². The molecule has 0 aromatic carbocycles. The standard InChI is InChI=1S/C19H26N8O2/c1-2-29-19(28)27-13-9-25(10-14-27)17-15-21-23-18(22-17)26-11-7-24(8-12-26)16-5-3-4-6-20-16/h3-6,15H,2,7-14H2,1H3. The van der Waals surface area contributed by atoms with Crippen molar-refractivity contribution in [2.75, 3.05) is 73.7 Å². The first-order chi connectivity index (χ1) is 14.2. The first-order valence-corrected chi connectivity index (χ1v) is 10.0. The van der Waals surface area contributed by atoms with E-state index in [9.17, 15) is 4.79 Å². The van der Waals surface area contributed by atoms with Crippen molar-refractivity contribution >= 4 is 23.7 Å². The lowest BCUT2D eigenvalue weighted by atomic mass is 10.3. The zero-order chi connectivity index (χ0) is 20.1. The predicted octanol–water partition coefficient (Wildman–Crippen LogP) is 0.872. The molecule has 0 radical (unpaired) electrons. The van der Waals surface area contributed by atoms with E-state index < -0.39 is 0 Å². The molecule has 0 spiro atoms. The number of amides is 1. The van der Waals surface area contributed by atoms with Gasteiger partial charge in [-0.1, -0.05) is 6.07 Å². The summed E-state index contributed by atoms with van der Waals surface area (Å²) in [5.74, 6) is 2.45. The van der Waals surface area contributed by atoms with E-state index >= 15 is 0 Å². The topological polar surface area (TPSA) is 90.8 Å². The van der Waals surface area contributed by atoms with Crippen molar-refractivity contribution in [3.63, 3.8) is 0 Å². The van der Waals surface area contributed by atoms with Gasteiger partial charge in [0.05, 0.1) is 12.8 Å². The minimum atomic E-state index is -0.251. The second-order valence-electron chi connectivity index (χ2n) is 6.95. The summed E-state index contributed by atoms with van der Waals surface area (Å²) in [4.78, 5) is 29.3. The lowest BCUT2D eigenvalue weighted by Crippen LogP contribution is -2.49. The number of anilines is 3. The van der Waals surface area contributed by atoms with Gasteiger partial charge in [0, 0.05) is 58.6 Å². The van der Waals surface area contributed by atoms with E-state index in [0.717, 1.165) is 37.8 Å². The first-order valence-electron chi connectivity index (χ1n) is 10.0. The highest BCUT2D eigenvalue weighted by atomic mass is 16.6. The number of hydrogen-bond donors (Lipinski definition) is 0. The van der Waals surface area contributed by atoms with Crippen LogP contribution in [0.5, 0.6) is 0 Å². The van der Waals surface area contributed by atoms with Gasteiger partial charge in [-0.2, -0.15) is 10.1 Å². The zero-order valence-corrected chi connectivity index (χ0v) is 16.6. The molecule has 0 bridgehead atoms. The average Bonchev–Trinajstić information content (AvgIpc) is 2.80. The molecule has 2 aromatic heterocycles. The van der Waals surface area contributed by atoms with Crippen LogP contribution in [-0.4, -0.2) is 90.1 Å². The number of carbonyl (C=O) groups is 1. The maximum atomic E-state index is 11.9. The van der Waals surface area contributed by atoms with Crippen LogP contribution in [0.1, 0.15) is 6.92 Å². The molecule has 0 N–H and O–H groups in total. The van der Waals surface area contributed by atoms with Crippen molar-refractivity contribution in [2.24, 2.45) is 0 Å². The van der Waals surface area contributed by atoms with Crippen molar-refractivity contribution in [3.05, 3.63) is 30.6 Å². The third-order valence-electron chi connectivity index (χ3n) is 5.20. The predicted molar refractivity (Wildman–Crippen MR) is 109 cm³/mol. The number of ether oxygens (including phenoxy) is 1. The molecule has 1 amide bonds. The van der Waals surface area contributed by atoms with Crippen molar-refractivity contribution in [2.45, 2.75) is 6.92 Å². The van der Waals surface area contributed by atoms with Crippen molar-refractivity contribution in [1.29, 1.82) is 0 Å². The maximum Gasteiger partial charge on any atom is 0.409 e. The summed E-state index contributed by atoms with van der Waals surface area (Å²) < 4.78 is 5.08. The lowest BCUT2D eigenvalue weighted by Gasteiger charge is -2.36. The van der Waals surface area contributed by atoms with E-state index in [-0.39, 0.29) is 6.09 Å². The fourth-order valence-corrected chi connectivity index (χ4v) is 3.58. The van der Waals surface area contributed by atoms with E-state index in [0.29, 0.717) is 38.7 Å². The second kappa shape index (κ2) is 8.89. The minimum absolute atomic E-state index is 0.251. The SMILES string of the molecule is CCOC(=O)N1CCN(c2cnnc(N3CCN(c4ccccn4)CC3)n2)CC1. The van der Waals surface area contributed by atoms with Gasteiger partial charge in [-0.25, -0.2) is 9.78 Å². The van der Waals surface area contributed by atoms with Crippen LogP contribution in [0.4, 0.5) is 22.4 Å². The summed E-state index contributed by atoms with van der Waals surface area (Å²) >= 11 is 0. The highest BCUT2D eigenvalue weighted by Crippen LogP contribution is 2.19. The molecule has 154 valence electrons. The summed E-state index contributed by atoms with van der Waals surface area (Å²) in [7, 11) is 0. The molecule has 10 heteroatoms. The first kappa shape index (κ1) is 19.2. The molecule has 10 nitrogen and oxygen atoms in total. The third kappa shape index (κ3) is 4.47. The largest absolute Gasteiger partial charge is 0.450 e. The third-order valence-corrected chi connectivity index (χ3v) is 5.20. The van der Waals surface area contributed by atoms with Crippen LogP contribution in [0.25, 0.3) is 0 Å². The maximum absolute atomic E-state index is 11.9. The Balaban J connectivity index is 1.34. The molecular weight excluding hydrogens is 372 g/mol. The number of nitrogens with zero attached hydrogens (tertiary/aromatic N) is 8. The van der Waals surface area contributed by atoms with E-state index in [1.807, 2.05) is 31.3 Å². The molecule has 4 heterocycles. The van der Waals surface area contributed by atoms with Gasteiger partial charge in [-0.3, -0.25) is 0 Å². The van der Waals surface area contributed by atoms with Gasteiger partial charge in [0.1, 0.15) is 5.82 Å².